The Kier molecular flexibility index (Phi) is 5.31. The van der Waals surface area contributed by atoms with Crippen molar-refractivity contribution in [2.75, 3.05) is 0 Å². The normalized spacial score (nSPS) is 15.0. The molecule has 0 aliphatic rings. The summed E-state index contributed by atoms with van der Waals surface area (Å²) >= 11 is 0. The first-order valence-corrected chi connectivity index (χ1v) is 3.92. The third kappa shape index (κ3) is 4.86. The van der Waals surface area contributed by atoms with Gasteiger partial charge in [-0.3, -0.25) is 11.5 Å². The Balaban J connectivity index is 3.59. The fourth-order valence-corrected chi connectivity index (χ4v) is 0.395. The first kappa shape index (κ1) is 11.1. The predicted molar refractivity (Wildman–Crippen MR) is 42.3 cm³/mol. The third-order valence-corrected chi connectivity index (χ3v) is 1.25. The fourth-order valence-electron chi connectivity index (χ4n) is 0.395. The van der Waals surface area contributed by atoms with E-state index in [0.29, 0.717) is 12.8 Å². The third-order valence-electron chi connectivity index (χ3n) is 1.25. The van der Waals surface area contributed by atoms with Crippen molar-refractivity contribution >= 4 is 0 Å². The summed E-state index contributed by atoms with van der Waals surface area (Å²) in [5.41, 5.74) is 10.6. The van der Waals surface area contributed by atoms with Gasteiger partial charge in [0.2, 0.25) is 12.5 Å². The lowest BCUT2D eigenvalue weighted by atomic mass is 10.4. The largest absolute Gasteiger partial charge is 0.480 e. The van der Waals surface area contributed by atoms with Gasteiger partial charge in [0.05, 0.1) is 0 Å². The van der Waals surface area contributed by atoms with Crippen molar-refractivity contribution in [1.82, 2.24) is 0 Å². The molecule has 0 fully saturated rings. The first-order valence-electron chi connectivity index (χ1n) is 3.92. The van der Waals surface area contributed by atoms with Gasteiger partial charge in [-0.05, 0) is 0 Å². The van der Waals surface area contributed by atoms with E-state index in [0.717, 1.165) is 0 Å². The number of hydrogen-bond acceptors (Lipinski definition) is 5. The molecule has 0 aliphatic heterocycles. The smallest absolute Gasteiger partial charge is 0.290 e. The van der Waals surface area contributed by atoms with Crippen LogP contribution in [-0.4, -0.2) is 17.5 Å². The average molecular weight is 178 g/mol. The molecule has 0 aromatic rings. The van der Waals surface area contributed by atoms with Crippen LogP contribution in [-0.2, 0) is 9.68 Å². The lowest BCUT2D eigenvalue weighted by Gasteiger charge is -2.02. The minimum absolute atomic E-state index is 0.0394. The quantitative estimate of drug-likeness (QED) is 0.442. The molecule has 0 amide bonds. The first-order chi connectivity index (χ1) is 5.60. The monoisotopic (exact) mass is 178 g/mol. The van der Waals surface area contributed by atoms with E-state index in [2.05, 4.69) is 9.68 Å². The Labute approximate surface area is 71.3 Å². The van der Waals surface area contributed by atoms with Gasteiger partial charge in [-0.15, -0.1) is 0 Å². The Morgan fingerprint density at radius 2 is 1.50 bits per heavy atom. The molecule has 0 aromatic heterocycles. The number of nitrogens with zero attached hydrogens (tertiary/aromatic N) is 1. The molecule has 12 heavy (non-hydrogen) atoms. The van der Waals surface area contributed by atoms with E-state index in [9.17, 15) is 4.91 Å². The van der Waals surface area contributed by atoms with Crippen molar-refractivity contribution < 1.29 is 14.8 Å². The van der Waals surface area contributed by atoms with Crippen molar-refractivity contribution in [2.45, 2.75) is 39.1 Å². The van der Waals surface area contributed by atoms with Gasteiger partial charge in [0.1, 0.15) is 4.91 Å². The van der Waals surface area contributed by atoms with Crippen molar-refractivity contribution in [3.05, 3.63) is 4.91 Å². The van der Waals surface area contributed by atoms with Gasteiger partial charge >= 0.3 is 5.09 Å². The zero-order valence-corrected chi connectivity index (χ0v) is 7.40. The second-order valence-electron chi connectivity index (χ2n) is 2.33. The molecule has 72 valence electrons. The van der Waals surface area contributed by atoms with Gasteiger partial charge in [0.25, 0.3) is 0 Å². The summed E-state index contributed by atoms with van der Waals surface area (Å²) < 4.78 is 0. The highest BCUT2D eigenvalue weighted by atomic mass is 17.0. The molecule has 0 spiro atoms. The second kappa shape index (κ2) is 5.73. The second-order valence-corrected chi connectivity index (χ2v) is 2.33. The van der Waals surface area contributed by atoms with Crippen LogP contribution >= 0.6 is 0 Å². The van der Waals surface area contributed by atoms with Crippen LogP contribution in [0, 0.1) is 4.91 Å². The van der Waals surface area contributed by atoms with Gasteiger partial charge in [0.15, 0.2) is 0 Å². The maximum Gasteiger partial charge on any atom is 0.480 e. The molecule has 0 aliphatic carbocycles. The summed E-state index contributed by atoms with van der Waals surface area (Å²) in [6.45, 7) is 3.58. The van der Waals surface area contributed by atoms with E-state index in [1.165, 1.54) is 0 Å². The van der Waals surface area contributed by atoms with Crippen LogP contribution in [0.5, 0.6) is 0 Å². The molecule has 6 nitrogen and oxygen atoms in total. The standard InChI is InChI=1S/C6H16N3O3/c1-3-5(7)11-9(10)12-6(8)4-2/h5-6H,3-4,7-8H2,1-2H3/q+1. The van der Waals surface area contributed by atoms with Crippen LogP contribution < -0.4 is 11.5 Å². The van der Waals surface area contributed by atoms with E-state index in [1.54, 1.807) is 13.8 Å². The van der Waals surface area contributed by atoms with E-state index in [4.69, 9.17) is 11.5 Å². The van der Waals surface area contributed by atoms with Gasteiger partial charge in [-0.1, -0.05) is 13.8 Å². The summed E-state index contributed by atoms with van der Waals surface area (Å²) in [7, 11) is 0. The van der Waals surface area contributed by atoms with Crippen molar-refractivity contribution in [2.24, 2.45) is 11.5 Å². The molecule has 2 atom stereocenters. The number of rotatable bonds is 6. The SMILES string of the molecule is CCC(N)O[N+](=O)OC(N)CC. The molecular weight excluding hydrogens is 162 g/mol. The molecule has 0 saturated heterocycles. The molecule has 4 N–H and O–H groups in total. The average Bonchev–Trinajstić information content (AvgIpc) is 2.03. The van der Waals surface area contributed by atoms with E-state index < -0.39 is 12.5 Å². The zero-order chi connectivity index (χ0) is 9.56. The lowest BCUT2D eigenvalue weighted by molar-refractivity contribution is -0.992. The maximum absolute atomic E-state index is 10.7. The molecule has 2 unspecified atom stereocenters. The van der Waals surface area contributed by atoms with Gasteiger partial charge in [-0.25, -0.2) is 0 Å². The van der Waals surface area contributed by atoms with Crippen LogP contribution in [0.25, 0.3) is 0 Å². The highest BCUT2D eigenvalue weighted by Crippen LogP contribution is 1.94. The minimum Gasteiger partial charge on any atom is -0.290 e. The summed E-state index contributed by atoms with van der Waals surface area (Å²) in [6, 6.07) is 0. The van der Waals surface area contributed by atoms with Crippen LogP contribution in [0.3, 0.4) is 0 Å². The van der Waals surface area contributed by atoms with Gasteiger partial charge in [-0.2, -0.15) is 9.68 Å². The summed E-state index contributed by atoms with van der Waals surface area (Å²) in [5.74, 6) is 0. The number of hydrogen-bond donors (Lipinski definition) is 2. The fraction of sp³-hybridized carbons (Fsp3) is 1.00. The van der Waals surface area contributed by atoms with Crippen LogP contribution in [0.15, 0.2) is 0 Å². The topological polar surface area (TPSA) is 90.6 Å². The summed E-state index contributed by atoms with van der Waals surface area (Å²) in [4.78, 5) is 19.7. The van der Waals surface area contributed by atoms with Crippen LogP contribution in [0.4, 0.5) is 0 Å². The molecule has 0 bridgehead atoms. The summed E-state index contributed by atoms with van der Waals surface area (Å²) in [6.07, 6.45) is -0.231. The molecule has 0 heterocycles. The van der Waals surface area contributed by atoms with Gasteiger partial charge in [0, 0.05) is 12.8 Å². The molecule has 6 heteroatoms. The molecule has 0 rings (SSSR count). The molecule has 0 radical (unpaired) electrons. The lowest BCUT2D eigenvalue weighted by Crippen LogP contribution is -2.33. The van der Waals surface area contributed by atoms with E-state index in [1.807, 2.05) is 0 Å². The number of nitrogens with two attached hydrogens (primary N) is 2. The summed E-state index contributed by atoms with van der Waals surface area (Å²) in [5, 5.41) is -0.0394. The molecular formula is C6H16N3O3+. The Morgan fingerprint density at radius 3 is 1.75 bits per heavy atom. The zero-order valence-electron chi connectivity index (χ0n) is 7.40. The minimum atomic E-state index is -0.647. The molecule has 0 aromatic carbocycles. The Morgan fingerprint density at radius 1 is 1.17 bits per heavy atom. The molecule has 0 saturated carbocycles. The highest BCUT2D eigenvalue weighted by Gasteiger charge is 2.20. The van der Waals surface area contributed by atoms with E-state index >= 15 is 0 Å². The van der Waals surface area contributed by atoms with Crippen LogP contribution in [0.1, 0.15) is 26.7 Å². The highest BCUT2D eigenvalue weighted by molar-refractivity contribution is 4.35. The van der Waals surface area contributed by atoms with E-state index in [-0.39, 0.29) is 5.09 Å². The van der Waals surface area contributed by atoms with Crippen molar-refractivity contribution in [3.8, 4) is 0 Å². The Hall–Kier alpha value is -0.880. The van der Waals surface area contributed by atoms with Crippen molar-refractivity contribution in [3.63, 3.8) is 0 Å². The van der Waals surface area contributed by atoms with Crippen LogP contribution in [0.2, 0.25) is 0 Å². The van der Waals surface area contributed by atoms with Crippen molar-refractivity contribution in [1.29, 1.82) is 0 Å². The predicted octanol–water partition coefficient (Wildman–Crippen LogP) is 0.0181. The van der Waals surface area contributed by atoms with Gasteiger partial charge < -0.3 is 0 Å². The maximum atomic E-state index is 10.7. The Bertz CT molecular complexity index is 128.